The highest BCUT2D eigenvalue weighted by Crippen LogP contribution is 2.58. The summed E-state index contributed by atoms with van der Waals surface area (Å²) < 4.78 is 11.7. The lowest BCUT2D eigenvalue weighted by molar-refractivity contribution is 0.323. The third-order valence-corrected chi connectivity index (χ3v) is 3.97. The molecule has 3 heteroatoms. The van der Waals surface area contributed by atoms with E-state index in [1.807, 2.05) is 43.5 Å². The van der Waals surface area contributed by atoms with Gasteiger partial charge in [0, 0.05) is 23.2 Å². The molecule has 0 atom stereocenters. The lowest BCUT2D eigenvalue weighted by atomic mass is 9.97. The Morgan fingerprint density at radius 2 is 2.11 bits per heavy atom. The van der Waals surface area contributed by atoms with Crippen LogP contribution in [0.2, 0.25) is 0 Å². The van der Waals surface area contributed by atoms with Crippen LogP contribution in [0.3, 0.4) is 0 Å². The summed E-state index contributed by atoms with van der Waals surface area (Å²) in [4.78, 5) is 4.30. The number of ether oxygens (including phenoxy) is 2. The van der Waals surface area contributed by atoms with Crippen molar-refractivity contribution < 1.29 is 9.47 Å². The molecule has 1 aromatic carbocycles. The van der Waals surface area contributed by atoms with Gasteiger partial charge in [0.25, 0.3) is 0 Å². The minimum atomic E-state index is 0.219. The molecule has 3 nitrogen and oxygen atoms in total. The van der Waals surface area contributed by atoms with Gasteiger partial charge < -0.3 is 9.47 Å². The van der Waals surface area contributed by atoms with Gasteiger partial charge >= 0.3 is 0 Å². The van der Waals surface area contributed by atoms with Gasteiger partial charge in [-0.2, -0.15) is 0 Å². The van der Waals surface area contributed by atoms with Crippen molar-refractivity contribution >= 4 is 0 Å². The van der Waals surface area contributed by atoms with Crippen molar-refractivity contribution in [2.45, 2.75) is 25.2 Å². The molecule has 4 rings (SSSR count). The number of rotatable bonds is 2. The van der Waals surface area contributed by atoms with E-state index in [0.29, 0.717) is 5.88 Å². The molecule has 96 valence electrons. The molecule has 0 saturated heterocycles. The molecule has 1 aliphatic carbocycles. The average Bonchev–Trinajstić information content (AvgIpc) is 3.10. The Kier molecular flexibility index (Phi) is 2.13. The molecule has 2 aliphatic rings. The summed E-state index contributed by atoms with van der Waals surface area (Å²) in [6.45, 7) is 2.81. The van der Waals surface area contributed by atoms with Gasteiger partial charge in [0.2, 0.25) is 5.88 Å². The molecule has 0 amide bonds. The maximum Gasteiger partial charge on any atom is 0.219 e. The average molecular weight is 253 g/mol. The lowest BCUT2D eigenvalue weighted by Gasteiger charge is -2.12. The summed E-state index contributed by atoms with van der Waals surface area (Å²) in [5, 5.41) is 0. The van der Waals surface area contributed by atoms with Crippen LogP contribution in [0, 0.1) is 6.92 Å². The SMILES string of the molecule is Cc1ccc(Oc2cccc3c2C2(CC2)CO3)nc1. The third-order valence-electron chi connectivity index (χ3n) is 3.97. The first-order valence-electron chi connectivity index (χ1n) is 6.64. The predicted molar refractivity (Wildman–Crippen MR) is 71.9 cm³/mol. The zero-order chi connectivity index (χ0) is 12.9. The first kappa shape index (κ1) is 10.9. The molecule has 0 unspecified atom stereocenters. The summed E-state index contributed by atoms with van der Waals surface area (Å²) in [5.74, 6) is 2.51. The van der Waals surface area contributed by atoms with Crippen LogP contribution < -0.4 is 9.47 Å². The second-order valence-corrected chi connectivity index (χ2v) is 5.47. The van der Waals surface area contributed by atoms with Crippen LogP contribution in [0.15, 0.2) is 36.5 Å². The van der Waals surface area contributed by atoms with Crippen molar-refractivity contribution in [3.8, 4) is 17.4 Å². The highest BCUT2D eigenvalue weighted by molar-refractivity contribution is 5.56. The number of pyridine rings is 1. The van der Waals surface area contributed by atoms with Crippen LogP contribution in [-0.4, -0.2) is 11.6 Å². The zero-order valence-corrected chi connectivity index (χ0v) is 10.8. The molecule has 1 saturated carbocycles. The minimum absolute atomic E-state index is 0.219. The van der Waals surface area contributed by atoms with Crippen molar-refractivity contribution in [1.82, 2.24) is 4.98 Å². The van der Waals surface area contributed by atoms with Crippen LogP contribution in [0.25, 0.3) is 0 Å². The molecule has 1 aromatic heterocycles. The fourth-order valence-corrected chi connectivity index (χ4v) is 2.70. The van der Waals surface area contributed by atoms with E-state index < -0.39 is 0 Å². The summed E-state index contributed by atoms with van der Waals surface area (Å²) in [5.41, 5.74) is 2.58. The first-order chi connectivity index (χ1) is 9.27. The second-order valence-electron chi connectivity index (χ2n) is 5.47. The Morgan fingerprint density at radius 3 is 2.84 bits per heavy atom. The smallest absolute Gasteiger partial charge is 0.219 e. The van der Waals surface area contributed by atoms with Crippen LogP contribution >= 0.6 is 0 Å². The summed E-state index contributed by atoms with van der Waals surface area (Å²) >= 11 is 0. The number of aryl methyl sites for hydroxylation is 1. The number of hydrogen-bond donors (Lipinski definition) is 0. The molecule has 1 spiro atoms. The highest BCUT2D eigenvalue weighted by Gasteiger charge is 2.52. The van der Waals surface area contributed by atoms with Crippen molar-refractivity contribution in [1.29, 1.82) is 0 Å². The monoisotopic (exact) mass is 253 g/mol. The molecular formula is C16H15NO2. The van der Waals surface area contributed by atoms with E-state index in [4.69, 9.17) is 9.47 Å². The topological polar surface area (TPSA) is 31.4 Å². The lowest BCUT2D eigenvalue weighted by Crippen LogP contribution is -2.08. The van der Waals surface area contributed by atoms with Gasteiger partial charge in [-0.15, -0.1) is 0 Å². The maximum absolute atomic E-state index is 5.96. The van der Waals surface area contributed by atoms with Gasteiger partial charge in [-0.3, -0.25) is 0 Å². The van der Waals surface area contributed by atoms with Crippen molar-refractivity contribution in [2.24, 2.45) is 0 Å². The van der Waals surface area contributed by atoms with Crippen LogP contribution in [0.1, 0.15) is 24.0 Å². The molecular weight excluding hydrogens is 238 g/mol. The molecule has 0 N–H and O–H groups in total. The predicted octanol–water partition coefficient (Wildman–Crippen LogP) is 3.61. The fourth-order valence-electron chi connectivity index (χ4n) is 2.70. The van der Waals surface area contributed by atoms with Gasteiger partial charge in [-0.1, -0.05) is 12.1 Å². The molecule has 0 bridgehead atoms. The quantitative estimate of drug-likeness (QED) is 0.819. The standard InChI is InChI=1S/C16H15NO2/c1-11-5-6-14(17-9-11)19-13-4-2-3-12-15(13)16(7-8-16)10-18-12/h2-6,9H,7-8,10H2,1H3. The Hall–Kier alpha value is -2.03. The molecule has 0 radical (unpaired) electrons. The van der Waals surface area contributed by atoms with Gasteiger partial charge in [0.15, 0.2) is 0 Å². The fraction of sp³-hybridized carbons (Fsp3) is 0.312. The Balaban J connectivity index is 1.73. The van der Waals surface area contributed by atoms with Gasteiger partial charge in [0.05, 0.1) is 6.61 Å². The largest absolute Gasteiger partial charge is 0.492 e. The van der Waals surface area contributed by atoms with E-state index in [1.54, 1.807) is 0 Å². The second kappa shape index (κ2) is 3.73. The number of fused-ring (bicyclic) bond motifs is 2. The molecule has 2 heterocycles. The Labute approximate surface area is 112 Å². The van der Waals surface area contributed by atoms with Crippen molar-refractivity contribution in [3.63, 3.8) is 0 Å². The number of aromatic nitrogens is 1. The molecule has 19 heavy (non-hydrogen) atoms. The van der Waals surface area contributed by atoms with Crippen molar-refractivity contribution in [2.75, 3.05) is 6.61 Å². The van der Waals surface area contributed by atoms with Crippen LogP contribution in [0.5, 0.6) is 17.4 Å². The van der Waals surface area contributed by atoms with Crippen LogP contribution in [0.4, 0.5) is 0 Å². The van der Waals surface area contributed by atoms with E-state index >= 15 is 0 Å². The molecule has 1 fully saturated rings. The Morgan fingerprint density at radius 1 is 1.21 bits per heavy atom. The van der Waals surface area contributed by atoms with Gasteiger partial charge in [-0.25, -0.2) is 4.98 Å². The van der Waals surface area contributed by atoms with Crippen LogP contribution in [-0.2, 0) is 5.41 Å². The van der Waals surface area contributed by atoms with Gasteiger partial charge in [-0.05, 0) is 37.5 Å². The maximum atomic E-state index is 5.96. The van der Waals surface area contributed by atoms with E-state index in [0.717, 1.165) is 23.7 Å². The van der Waals surface area contributed by atoms with Crippen molar-refractivity contribution in [3.05, 3.63) is 47.7 Å². The summed E-state index contributed by atoms with van der Waals surface area (Å²) in [6, 6.07) is 9.93. The normalized spacial score (nSPS) is 17.9. The molecule has 1 aliphatic heterocycles. The van der Waals surface area contributed by atoms with E-state index in [1.165, 1.54) is 18.4 Å². The zero-order valence-electron chi connectivity index (χ0n) is 10.8. The minimum Gasteiger partial charge on any atom is -0.492 e. The summed E-state index contributed by atoms with van der Waals surface area (Å²) in [7, 11) is 0. The summed E-state index contributed by atoms with van der Waals surface area (Å²) in [6.07, 6.45) is 4.21. The van der Waals surface area contributed by atoms with Gasteiger partial charge in [0.1, 0.15) is 11.5 Å². The third kappa shape index (κ3) is 1.69. The van der Waals surface area contributed by atoms with E-state index in [-0.39, 0.29) is 5.41 Å². The van der Waals surface area contributed by atoms with E-state index in [9.17, 15) is 0 Å². The number of benzene rings is 1. The molecule has 2 aromatic rings. The number of nitrogens with zero attached hydrogens (tertiary/aromatic N) is 1. The first-order valence-corrected chi connectivity index (χ1v) is 6.64. The van der Waals surface area contributed by atoms with E-state index in [2.05, 4.69) is 4.98 Å². The number of hydrogen-bond acceptors (Lipinski definition) is 3. The highest BCUT2D eigenvalue weighted by atomic mass is 16.5. The Bertz CT molecular complexity index is 630.